The molecule has 9 rings (SSSR count). The second kappa shape index (κ2) is 12.1. The summed E-state index contributed by atoms with van der Waals surface area (Å²) in [6.07, 6.45) is 9.21. The molecule has 5 heterocycles. The number of benzene rings is 4. The fraction of sp³-hybridized carbons (Fsp3) is 0. The molecule has 4 aromatic carbocycles. The first-order chi connectivity index (χ1) is 24.3. The molecule has 5 aromatic heterocycles. The van der Waals surface area contributed by atoms with E-state index in [2.05, 4.69) is 113 Å². The average Bonchev–Trinajstić information content (AvgIpc) is 3.69. The quantitative estimate of drug-likeness (QED) is 0.171. The van der Waals surface area contributed by atoms with Gasteiger partial charge in [-0.1, -0.05) is 84.9 Å². The van der Waals surface area contributed by atoms with Crippen LogP contribution in [0.2, 0.25) is 0 Å². The van der Waals surface area contributed by atoms with Crippen molar-refractivity contribution in [2.45, 2.75) is 0 Å². The van der Waals surface area contributed by atoms with Crippen molar-refractivity contribution in [3.05, 3.63) is 171 Å². The Labute approximate surface area is 283 Å². The van der Waals surface area contributed by atoms with Crippen molar-refractivity contribution in [3.8, 4) is 67.3 Å². The summed E-state index contributed by atoms with van der Waals surface area (Å²) in [5.41, 5.74) is 12.0. The van der Waals surface area contributed by atoms with Crippen LogP contribution < -0.4 is 0 Å². The van der Waals surface area contributed by atoms with Gasteiger partial charge in [0, 0.05) is 58.4 Å². The Kier molecular flexibility index (Phi) is 7.06. The Hall–Kier alpha value is -6.72. The Morgan fingerprint density at radius 2 is 0.959 bits per heavy atom. The first-order valence-electron chi connectivity index (χ1n) is 16.2. The number of aromatic nitrogens is 4. The number of furan rings is 1. The highest BCUT2D eigenvalue weighted by Crippen LogP contribution is 2.39. The number of fused-ring (bicyclic) bond motifs is 3. The van der Waals surface area contributed by atoms with Crippen LogP contribution in [-0.4, -0.2) is 19.9 Å². The van der Waals surface area contributed by atoms with Crippen LogP contribution in [-0.2, 0) is 0 Å². The van der Waals surface area contributed by atoms with E-state index in [4.69, 9.17) is 14.4 Å². The van der Waals surface area contributed by atoms with Gasteiger partial charge in [0.05, 0.1) is 11.0 Å². The predicted octanol–water partition coefficient (Wildman–Crippen LogP) is 11.2. The molecule has 0 atom stereocenters. The molecule has 0 unspecified atom stereocenters. The van der Waals surface area contributed by atoms with Gasteiger partial charge in [-0.3, -0.25) is 15.0 Å². The summed E-state index contributed by atoms with van der Waals surface area (Å²) >= 11 is 0. The van der Waals surface area contributed by atoms with Gasteiger partial charge in [-0.25, -0.2) is 4.98 Å². The number of hydrogen-bond donors (Lipinski definition) is 0. The SMILES string of the molecule is c1ccc(-c2ccnc3c2ccc2c(-c4ccccc4)cc(-c4ccc(-c5cc(-c6cccnc6)cc(-c6cccnc6)c5)o4)nc23)cc1. The molecular formula is C44H28N4O. The maximum absolute atomic E-state index is 6.67. The molecular weight excluding hydrogens is 601 g/mol. The maximum Gasteiger partial charge on any atom is 0.153 e. The van der Waals surface area contributed by atoms with Crippen LogP contribution in [0.25, 0.3) is 89.1 Å². The van der Waals surface area contributed by atoms with Crippen LogP contribution >= 0.6 is 0 Å². The van der Waals surface area contributed by atoms with Crippen LogP contribution in [0.5, 0.6) is 0 Å². The van der Waals surface area contributed by atoms with E-state index in [9.17, 15) is 0 Å². The number of rotatable bonds is 6. The molecule has 0 aliphatic heterocycles. The highest BCUT2D eigenvalue weighted by Gasteiger charge is 2.18. The lowest BCUT2D eigenvalue weighted by Crippen LogP contribution is -1.93. The van der Waals surface area contributed by atoms with E-state index in [-0.39, 0.29) is 0 Å². The van der Waals surface area contributed by atoms with E-state index in [0.717, 1.165) is 83.3 Å². The van der Waals surface area contributed by atoms with E-state index >= 15 is 0 Å². The van der Waals surface area contributed by atoms with Crippen molar-refractivity contribution in [2.75, 3.05) is 0 Å². The van der Waals surface area contributed by atoms with Gasteiger partial charge < -0.3 is 4.42 Å². The van der Waals surface area contributed by atoms with E-state index < -0.39 is 0 Å². The molecule has 0 aliphatic carbocycles. The smallest absolute Gasteiger partial charge is 0.153 e. The van der Waals surface area contributed by atoms with Gasteiger partial charge in [0.15, 0.2) is 5.76 Å². The first-order valence-corrected chi connectivity index (χ1v) is 16.2. The second-order valence-electron chi connectivity index (χ2n) is 11.9. The van der Waals surface area contributed by atoms with Crippen LogP contribution in [0.4, 0.5) is 0 Å². The molecule has 9 aromatic rings. The summed E-state index contributed by atoms with van der Waals surface area (Å²) in [5.74, 6) is 1.43. The molecule has 0 bridgehead atoms. The summed E-state index contributed by atoms with van der Waals surface area (Å²) in [7, 11) is 0. The van der Waals surface area contributed by atoms with Gasteiger partial charge in [0.1, 0.15) is 11.5 Å². The summed E-state index contributed by atoms with van der Waals surface area (Å²) in [6.45, 7) is 0. The second-order valence-corrected chi connectivity index (χ2v) is 11.9. The first kappa shape index (κ1) is 28.5. The monoisotopic (exact) mass is 628 g/mol. The van der Waals surface area contributed by atoms with Crippen molar-refractivity contribution in [3.63, 3.8) is 0 Å². The van der Waals surface area contributed by atoms with Crippen LogP contribution in [0.15, 0.2) is 175 Å². The van der Waals surface area contributed by atoms with Crippen molar-refractivity contribution < 1.29 is 4.42 Å². The molecule has 0 radical (unpaired) electrons. The van der Waals surface area contributed by atoms with Crippen molar-refractivity contribution in [1.82, 2.24) is 19.9 Å². The molecule has 0 spiro atoms. The van der Waals surface area contributed by atoms with Crippen LogP contribution in [0.1, 0.15) is 0 Å². The molecule has 0 amide bonds. The van der Waals surface area contributed by atoms with Crippen LogP contribution in [0.3, 0.4) is 0 Å². The zero-order chi connectivity index (χ0) is 32.6. The fourth-order valence-corrected chi connectivity index (χ4v) is 6.55. The molecule has 0 N–H and O–H groups in total. The predicted molar refractivity (Wildman–Crippen MR) is 198 cm³/mol. The fourth-order valence-electron chi connectivity index (χ4n) is 6.55. The standard InChI is InChI=1S/C44H28N4O/c1-3-9-29(10-4-1)36-19-22-47-43-37(36)15-16-38-39(30-11-5-2-6-12-30)26-40(48-44(38)43)42-18-17-41(49-42)35-24-33(31-13-7-20-45-27-31)23-34(25-35)32-14-8-21-46-28-32/h1-28H. The Morgan fingerprint density at radius 3 is 1.59 bits per heavy atom. The Balaban J connectivity index is 1.22. The maximum atomic E-state index is 6.67. The third kappa shape index (κ3) is 5.33. The van der Waals surface area contributed by atoms with Gasteiger partial charge in [0.25, 0.3) is 0 Å². The van der Waals surface area contributed by atoms with E-state index in [1.54, 1.807) is 12.4 Å². The Morgan fingerprint density at radius 1 is 0.388 bits per heavy atom. The zero-order valence-corrected chi connectivity index (χ0v) is 26.4. The number of nitrogens with zero attached hydrogens (tertiary/aromatic N) is 4. The van der Waals surface area contributed by atoms with Gasteiger partial charge in [-0.2, -0.15) is 0 Å². The number of hydrogen-bond acceptors (Lipinski definition) is 5. The summed E-state index contributed by atoms with van der Waals surface area (Å²) in [5, 5.41) is 2.09. The van der Waals surface area contributed by atoms with Crippen molar-refractivity contribution >= 4 is 21.8 Å². The third-order valence-corrected chi connectivity index (χ3v) is 8.93. The molecule has 0 saturated heterocycles. The van der Waals surface area contributed by atoms with Gasteiger partial charge in [0.2, 0.25) is 0 Å². The molecule has 0 saturated carbocycles. The normalized spacial score (nSPS) is 11.3. The minimum Gasteiger partial charge on any atom is -0.454 e. The lowest BCUT2D eigenvalue weighted by atomic mass is 9.95. The molecule has 0 fully saturated rings. The van der Waals surface area contributed by atoms with Gasteiger partial charge in [-0.05, 0) is 88.0 Å². The zero-order valence-electron chi connectivity index (χ0n) is 26.4. The van der Waals surface area contributed by atoms with E-state index in [0.29, 0.717) is 5.76 Å². The minimum atomic E-state index is 0.681. The largest absolute Gasteiger partial charge is 0.454 e. The molecule has 230 valence electrons. The molecule has 0 aliphatic rings. The number of pyridine rings is 4. The summed E-state index contributed by atoms with van der Waals surface area (Å²) < 4.78 is 6.67. The summed E-state index contributed by atoms with van der Waals surface area (Å²) in [6, 6.07) is 47.9. The van der Waals surface area contributed by atoms with E-state index in [1.807, 2.05) is 55.0 Å². The average molecular weight is 629 g/mol. The molecule has 5 nitrogen and oxygen atoms in total. The molecule has 5 heteroatoms. The van der Waals surface area contributed by atoms with E-state index in [1.165, 1.54) is 0 Å². The topological polar surface area (TPSA) is 64.7 Å². The van der Waals surface area contributed by atoms with Crippen molar-refractivity contribution in [2.24, 2.45) is 0 Å². The third-order valence-electron chi connectivity index (χ3n) is 8.93. The minimum absolute atomic E-state index is 0.681. The van der Waals surface area contributed by atoms with Crippen LogP contribution in [0, 0.1) is 0 Å². The highest BCUT2D eigenvalue weighted by molar-refractivity contribution is 6.12. The molecule has 49 heavy (non-hydrogen) atoms. The van der Waals surface area contributed by atoms with Gasteiger partial charge >= 0.3 is 0 Å². The highest BCUT2D eigenvalue weighted by atomic mass is 16.3. The Bertz CT molecular complexity index is 2530. The summed E-state index contributed by atoms with van der Waals surface area (Å²) in [4.78, 5) is 18.9. The van der Waals surface area contributed by atoms with Gasteiger partial charge in [-0.15, -0.1) is 0 Å². The van der Waals surface area contributed by atoms with Crippen molar-refractivity contribution in [1.29, 1.82) is 0 Å². The lowest BCUT2D eigenvalue weighted by molar-refractivity contribution is 0.595. The lowest BCUT2D eigenvalue weighted by Gasteiger charge is -2.13.